The summed E-state index contributed by atoms with van der Waals surface area (Å²) in [5, 5.41) is 6.93. The maximum Gasteiger partial charge on any atom is 0.276 e. The number of nitrogens with zero attached hydrogens (tertiary/aromatic N) is 2. The molecule has 0 aliphatic heterocycles. The number of carbonyl (C=O) groups excluding carboxylic acids is 1. The summed E-state index contributed by atoms with van der Waals surface area (Å²) in [6, 6.07) is 10.3. The lowest BCUT2D eigenvalue weighted by Crippen LogP contribution is -2.26. The number of unbranched alkanes of at least 4 members (excludes halogenated alkanes) is 1. The van der Waals surface area contributed by atoms with Gasteiger partial charge < -0.3 is 5.32 Å². The zero-order valence-corrected chi connectivity index (χ0v) is 13.8. The minimum atomic E-state index is -0.315. The number of anilines is 1. The normalized spacial score (nSPS) is 10.4. The second kappa shape index (κ2) is 7.35. The van der Waals surface area contributed by atoms with Gasteiger partial charge in [-0.1, -0.05) is 25.5 Å². The number of carbonyl (C=O) groups is 1. The average molecular weight is 397 g/mol. The molecule has 1 N–H and O–H groups in total. The van der Waals surface area contributed by atoms with Crippen LogP contribution in [-0.4, -0.2) is 15.7 Å². The first kappa shape index (κ1) is 15.7. The number of nitrogens with one attached hydrogen (secondary N) is 1. The van der Waals surface area contributed by atoms with Gasteiger partial charge in [0.05, 0.1) is 5.69 Å². The van der Waals surface area contributed by atoms with Gasteiger partial charge in [0.25, 0.3) is 11.5 Å². The molecule has 1 aromatic carbocycles. The summed E-state index contributed by atoms with van der Waals surface area (Å²) < 4.78 is 2.29. The zero-order valence-electron chi connectivity index (χ0n) is 11.7. The molecule has 1 amide bonds. The van der Waals surface area contributed by atoms with Gasteiger partial charge in [0.1, 0.15) is 5.69 Å². The van der Waals surface area contributed by atoms with Gasteiger partial charge in [-0.15, -0.1) is 0 Å². The van der Waals surface area contributed by atoms with Crippen molar-refractivity contribution in [1.29, 1.82) is 0 Å². The fourth-order valence-electron chi connectivity index (χ4n) is 1.79. The van der Waals surface area contributed by atoms with E-state index in [1.165, 1.54) is 16.8 Å². The first-order valence-corrected chi connectivity index (χ1v) is 7.83. The van der Waals surface area contributed by atoms with Crippen LogP contribution < -0.4 is 10.9 Å². The highest BCUT2D eigenvalue weighted by Gasteiger charge is 2.11. The van der Waals surface area contributed by atoms with Gasteiger partial charge in [0.15, 0.2) is 0 Å². The molecule has 0 saturated heterocycles. The predicted octanol–water partition coefficient (Wildman–Crippen LogP) is 2.90. The van der Waals surface area contributed by atoms with Crippen molar-refractivity contribution in [2.75, 3.05) is 5.32 Å². The Hall–Kier alpha value is -1.70. The highest BCUT2D eigenvalue weighted by Crippen LogP contribution is 2.17. The SMILES string of the molecule is CCCCn1nc(C(=O)Nc2ccccc2I)ccc1=O. The largest absolute Gasteiger partial charge is 0.320 e. The van der Waals surface area contributed by atoms with Gasteiger partial charge in [-0.3, -0.25) is 9.59 Å². The van der Waals surface area contributed by atoms with Crippen LogP contribution in [0.4, 0.5) is 5.69 Å². The summed E-state index contributed by atoms with van der Waals surface area (Å²) >= 11 is 2.15. The molecule has 0 aliphatic rings. The Morgan fingerprint density at radius 1 is 1.29 bits per heavy atom. The molecular formula is C15H16IN3O2. The number of hydrogen-bond donors (Lipinski definition) is 1. The Kier molecular flexibility index (Phi) is 5.49. The van der Waals surface area contributed by atoms with E-state index in [9.17, 15) is 9.59 Å². The van der Waals surface area contributed by atoms with E-state index in [-0.39, 0.29) is 17.2 Å². The topological polar surface area (TPSA) is 64.0 Å². The third kappa shape index (κ3) is 4.13. The maximum atomic E-state index is 12.2. The zero-order chi connectivity index (χ0) is 15.2. The minimum absolute atomic E-state index is 0.186. The van der Waals surface area contributed by atoms with Crippen LogP contribution in [0.5, 0.6) is 0 Å². The number of hydrogen-bond acceptors (Lipinski definition) is 3. The quantitative estimate of drug-likeness (QED) is 0.790. The second-order valence-electron chi connectivity index (χ2n) is 4.57. The molecule has 6 heteroatoms. The number of aryl methyl sites for hydroxylation is 1. The van der Waals surface area contributed by atoms with Gasteiger partial charge in [-0.2, -0.15) is 5.10 Å². The van der Waals surface area contributed by atoms with Gasteiger partial charge in [0, 0.05) is 16.2 Å². The van der Waals surface area contributed by atoms with Crippen LogP contribution in [0.3, 0.4) is 0 Å². The van der Waals surface area contributed by atoms with Crippen LogP contribution in [0.1, 0.15) is 30.3 Å². The lowest BCUT2D eigenvalue weighted by molar-refractivity contribution is 0.101. The smallest absolute Gasteiger partial charge is 0.276 e. The molecular weight excluding hydrogens is 381 g/mol. The molecule has 0 aliphatic carbocycles. The highest BCUT2D eigenvalue weighted by molar-refractivity contribution is 14.1. The molecule has 1 aromatic heterocycles. The number of halogens is 1. The Morgan fingerprint density at radius 3 is 2.76 bits per heavy atom. The first-order chi connectivity index (χ1) is 10.1. The number of amides is 1. The molecule has 0 fully saturated rings. The van der Waals surface area contributed by atoms with Crippen molar-refractivity contribution in [3.63, 3.8) is 0 Å². The van der Waals surface area contributed by atoms with Gasteiger partial charge in [-0.05, 0) is 47.2 Å². The van der Waals surface area contributed by atoms with Crippen LogP contribution in [0.25, 0.3) is 0 Å². The summed E-state index contributed by atoms with van der Waals surface area (Å²) in [6.45, 7) is 2.57. The second-order valence-corrected chi connectivity index (χ2v) is 5.73. The molecule has 2 rings (SSSR count). The Morgan fingerprint density at radius 2 is 2.05 bits per heavy atom. The van der Waals surface area contributed by atoms with Crippen molar-refractivity contribution < 1.29 is 4.79 Å². The van der Waals surface area contributed by atoms with Gasteiger partial charge in [0.2, 0.25) is 0 Å². The molecule has 21 heavy (non-hydrogen) atoms. The number of para-hydroxylation sites is 1. The Bertz CT molecular complexity index is 697. The third-order valence-corrected chi connectivity index (χ3v) is 3.89. The summed E-state index contributed by atoms with van der Waals surface area (Å²) in [4.78, 5) is 23.9. The average Bonchev–Trinajstić information content (AvgIpc) is 2.48. The van der Waals surface area contributed by atoms with Crippen LogP contribution in [0.2, 0.25) is 0 Å². The van der Waals surface area contributed by atoms with E-state index in [1.54, 1.807) is 0 Å². The molecule has 0 atom stereocenters. The van der Waals surface area contributed by atoms with Crippen molar-refractivity contribution in [3.05, 3.63) is 56.0 Å². The number of benzene rings is 1. The molecule has 0 bridgehead atoms. The van der Waals surface area contributed by atoms with Crippen molar-refractivity contribution in [2.24, 2.45) is 0 Å². The van der Waals surface area contributed by atoms with E-state index in [4.69, 9.17) is 0 Å². The summed E-state index contributed by atoms with van der Waals surface area (Å²) in [7, 11) is 0. The van der Waals surface area contributed by atoms with E-state index in [0.717, 1.165) is 22.1 Å². The van der Waals surface area contributed by atoms with Crippen molar-refractivity contribution in [3.8, 4) is 0 Å². The summed E-state index contributed by atoms with van der Waals surface area (Å²) in [6.07, 6.45) is 1.82. The number of aromatic nitrogens is 2. The van der Waals surface area contributed by atoms with Gasteiger partial charge >= 0.3 is 0 Å². The molecule has 1 heterocycles. The monoisotopic (exact) mass is 397 g/mol. The fraction of sp³-hybridized carbons (Fsp3) is 0.267. The molecule has 110 valence electrons. The molecule has 5 nitrogen and oxygen atoms in total. The van der Waals surface area contributed by atoms with E-state index < -0.39 is 0 Å². The molecule has 0 radical (unpaired) electrons. The lowest BCUT2D eigenvalue weighted by atomic mass is 10.3. The minimum Gasteiger partial charge on any atom is -0.320 e. The molecule has 0 spiro atoms. The molecule has 0 saturated carbocycles. The molecule has 0 unspecified atom stereocenters. The van der Waals surface area contributed by atoms with Crippen LogP contribution in [0.15, 0.2) is 41.2 Å². The first-order valence-electron chi connectivity index (χ1n) is 6.76. The Balaban J connectivity index is 2.19. The maximum absolute atomic E-state index is 12.2. The van der Waals surface area contributed by atoms with E-state index in [0.29, 0.717) is 6.54 Å². The Labute approximate surface area is 136 Å². The van der Waals surface area contributed by atoms with Crippen LogP contribution in [0, 0.1) is 3.57 Å². The fourth-order valence-corrected chi connectivity index (χ4v) is 2.31. The molecule has 2 aromatic rings. The number of rotatable bonds is 5. The van der Waals surface area contributed by atoms with Crippen molar-refractivity contribution >= 4 is 34.2 Å². The van der Waals surface area contributed by atoms with Crippen LogP contribution in [-0.2, 0) is 6.54 Å². The highest BCUT2D eigenvalue weighted by atomic mass is 127. The predicted molar refractivity (Wildman–Crippen MR) is 90.5 cm³/mol. The van der Waals surface area contributed by atoms with E-state index >= 15 is 0 Å². The lowest BCUT2D eigenvalue weighted by Gasteiger charge is -2.08. The van der Waals surface area contributed by atoms with Crippen molar-refractivity contribution in [2.45, 2.75) is 26.3 Å². The summed E-state index contributed by atoms with van der Waals surface area (Å²) in [5.74, 6) is -0.315. The van der Waals surface area contributed by atoms with Crippen LogP contribution >= 0.6 is 22.6 Å². The third-order valence-electron chi connectivity index (χ3n) is 2.94. The van der Waals surface area contributed by atoms with E-state index in [2.05, 4.69) is 33.0 Å². The van der Waals surface area contributed by atoms with E-state index in [1.807, 2.05) is 31.2 Å². The van der Waals surface area contributed by atoms with Gasteiger partial charge in [-0.25, -0.2) is 4.68 Å². The van der Waals surface area contributed by atoms with Crippen molar-refractivity contribution in [1.82, 2.24) is 9.78 Å². The standard InChI is InChI=1S/C15H16IN3O2/c1-2-3-10-19-14(20)9-8-13(18-19)15(21)17-12-7-5-4-6-11(12)16/h4-9H,2-3,10H2,1H3,(H,17,21). The summed E-state index contributed by atoms with van der Waals surface area (Å²) in [5.41, 5.74) is 0.788.